The van der Waals surface area contributed by atoms with E-state index in [-0.39, 0.29) is 11.3 Å². The highest BCUT2D eigenvalue weighted by Crippen LogP contribution is 2.47. The molecule has 4 rings (SSSR count). The summed E-state index contributed by atoms with van der Waals surface area (Å²) >= 11 is 5.97. The van der Waals surface area contributed by atoms with Crippen LogP contribution in [0.2, 0.25) is 5.02 Å². The molecule has 1 aromatic heterocycles. The third-order valence-corrected chi connectivity index (χ3v) is 5.22. The number of benzene rings is 2. The summed E-state index contributed by atoms with van der Waals surface area (Å²) in [6.45, 7) is 2.61. The first-order valence-electron chi connectivity index (χ1n) is 8.52. The molecular formula is C20H20ClN3O. The minimum absolute atomic E-state index is 0.0517. The Kier molecular flexibility index (Phi) is 4.00. The number of nitrogens with one attached hydrogen (secondary N) is 2. The van der Waals surface area contributed by atoms with Crippen LogP contribution in [0.15, 0.2) is 42.5 Å². The molecule has 5 heteroatoms. The zero-order valence-electron chi connectivity index (χ0n) is 14.1. The van der Waals surface area contributed by atoms with Gasteiger partial charge in [0.15, 0.2) is 0 Å². The fraction of sp³-hybridized carbons (Fsp3) is 0.300. The molecule has 1 aliphatic rings. The van der Waals surface area contributed by atoms with Crippen LogP contribution in [0.1, 0.15) is 29.8 Å². The number of imidazole rings is 1. The van der Waals surface area contributed by atoms with Crippen molar-refractivity contribution in [1.29, 1.82) is 0 Å². The molecule has 1 amide bonds. The summed E-state index contributed by atoms with van der Waals surface area (Å²) in [5, 5.41) is 3.85. The summed E-state index contributed by atoms with van der Waals surface area (Å²) in [5.74, 6) is 0.936. The molecule has 0 aliphatic heterocycles. The first-order chi connectivity index (χ1) is 12.0. The van der Waals surface area contributed by atoms with Gasteiger partial charge in [-0.05, 0) is 55.2 Å². The molecule has 25 heavy (non-hydrogen) atoms. The van der Waals surface area contributed by atoms with Gasteiger partial charge in [0.1, 0.15) is 5.82 Å². The Morgan fingerprint density at radius 1 is 1.24 bits per heavy atom. The van der Waals surface area contributed by atoms with E-state index < -0.39 is 0 Å². The van der Waals surface area contributed by atoms with Gasteiger partial charge in [-0.3, -0.25) is 4.79 Å². The smallest absolute Gasteiger partial charge is 0.224 e. The topological polar surface area (TPSA) is 57.8 Å². The monoisotopic (exact) mass is 353 g/mol. The average molecular weight is 354 g/mol. The summed E-state index contributed by atoms with van der Waals surface area (Å²) in [6, 6.07) is 13.9. The second-order valence-corrected chi connectivity index (χ2v) is 7.35. The number of rotatable bonds is 5. The summed E-state index contributed by atoms with van der Waals surface area (Å²) in [7, 11) is 0. The second kappa shape index (κ2) is 6.19. The lowest BCUT2D eigenvalue weighted by Crippen LogP contribution is -2.33. The van der Waals surface area contributed by atoms with Crippen LogP contribution in [0, 0.1) is 6.92 Å². The quantitative estimate of drug-likeness (QED) is 0.730. The van der Waals surface area contributed by atoms with Gasteiger partial charge in [-0.2, -0.15) is 0 Å². The summed E-state index contributed by atoms with van der Waals surface area (Å²) in [5.41, 5.74) is 4.24. The van der Waals surface area contributed by atoms with E-state index in [2.05, 4.69) is 27.4 Å². The molecule has 1 fully saturated rings. The fourth-order valence-corrected chi connectivity index (χ4v) is 3.46. The van der Waals surface area contributed by atoms with Gasteiger partial charge in [-0.25, -0.2) is 4.98 Å². The van der Waals surface area contributed by atoms with E-state index in [1.165, 1.54) is 5.56 Å². The third-order valence-electron chi connectivity index (χ3n) is 4.96. The van der Waals surface area contributed by atoms with E-state index in [4.69, 9.17) is 11.6 Å². The largest absolute Gasteiger partial charge is 0.355 e. The molecule has 0 saturated heterocycles. The standard InChI is InChI=1S/C20H20ClN3O/c1-13-23-17-7-2-14(10-18(17)24-13)11-19(25)22-12-20(8-9-20)15-3-5-16(21)6-4-15/h2-7,10H,8-9,11-12H2,1H3,(H,22,25)(H,23,24). The summed E-state index contributed by atoms with van der Waals surface area (Å²) in [4.78, 5) is 20.0. The zero-order valence-corrected chi connectivity index (χ0v) is 14.9. The van der Waals surface area contributed by atoms with Crippen molar-refractivity contribution in [3.63, 3.8) is 0 Å². The lowest BCUT2D eigenvalue weighted by molar-refractivity contribution is -0.120. The number of hydrogen-bond acceptors (Lipinski definition) is 2. The molecule has 1 saturated carbocycles. The maximum atomic E-state index is 12.4. The number of aryl methyl sites for hydroxylation is 1. The van der Waals surface area contributed by atoms with Crippen molar-refractivity contribution in [2.75, 3.05) is 6.54 Å². The van der Waals surface area contributed by atoms with Crippen molar-refractivity contribution >= 4 is 28.5 Å². The number of carbonyl (C=O) groups is 1. The zero-order chi connectivity index (χ0) is 17.4. The first-order valence-corrected chi connectivity index (χ1v) is 8.90. The minimum Gasteiger partial charge on any atom is -0.355 e. The third kappa shape index (κ3) is 3.40. The molecule has 128 valence electrons. The number of hydrogen-bond donors (Lipinski definition) is 2. The van der Waals surface area contributed by atoms with Crippen LogP contribution in [0.3, 0.4) is 0 Å². The predicted molar refractivity (Wildman–Crippen MR) is 99.9 cm³/mol. The molecule has 4 nitrogen and oxygen atoms in total. The van der Waals surface area contributed by atoms with Gasteiger partial charge >= 0.3 is 0 Å². The molecule has 1 aliphatic carbocycles. The van der Waals surface area contributed by atoms with Crippen LogP contribution in [-0.2, 0) is 16.6 Å². The fourth-order valence-electron chi connectivity index (χ4n) is 3.33. The highest BCUT2D eigenvalue weighted by molar-refractivity contribution is 6.30. The van der Waals surface area contributed by atoms with Crippen molar-refractivity contribution < 1.29 is 4.79 Å². The van der Waals surface area contributed by atoms with E-state index in [1.54, 1.807) is 0 Å². The number of nitrogens with zero attached hydrogens (tertiary/aromatic N) is 1. The van der Waals surface area contributed by atoms with Gasteiger partial charge in [0.05, 0.1) is 17.5 Å². The average Bonchev–Trinajstić information content (AvgIpc) is 3.28. The highest BCUT2D eigenvalue weighted by atomic mass is 35.5. The Bertz CT molecular complexity index is 926. The second-order valence-electron chi connectivity index (χ2n) is 6.91. The molecule has 0 bridgehead atoms. The Morgan fingerprint density at radius 3 is 2.72 bits per heavy atom. The van der Waals surface area contributed by atoms with Gasteiger partial charge in [0.2, 0.25) is 5.91 Å². The molecular weight excluding hydrogens is 334 g/mol. The number of amides is 1. The number of halogens is 1. The van der Waals surface area contributed by atoms with Crippen molar-refractivity contribution in [3.05, 3.63) is 64.4 Å². The Hall–Kier alpha value is -2.33. The normalized spacial score (nSPS) is 15.3. The van der Waals surface area contributed by atoms with Crippen LogP contribution >= 0.6 is 11.6 Å². The molecule has 2 N–H and O–H groups in total. The van der Waals surface area contributed by atoms with Crippen LogP contribution in [0.4, 0.5) is 0 Å². The lowest BCUT2D eigenvalue weighted by atomic mass is 9.96. The van der Waals surface area contributed by atoms with Gasteiger partial charge in [-0.15, -0.1) is 0 Å². The summed E-state index contributed by atoms with van der Waals surface area (Å²) < 4.78 is 0. The molecule has 3 aromatic rings. The Balaban J connectivity index is 1.39. The van der Waals surface area contributed by atoms with Gasteiger partial charge in [0, 0.05) is 17.0 Å². The van der Waals surface area contributed by atoms with Crippen LogP contribution in [-0.4, -0.2) is 22.4 Å². The predicted octanol–water partition coefficient (Wildman–Crippen LogP) is 3.92. The number of carbonyl (C=O) groups excluding carboxylic acids is 1. The van der Waals surface area contributed by atoms with Crippen molar-refractivity contribution in [2.45, 2.75) is 31.6 Å². The summed E-state index contributed by atoms with van der Waals surface area (Å²) in [6.07, 6.45) is 2.59. The van der Waals surface area contributed by atoms with Crippen LogP contribution in [0.5, 0.6) is 0 Å². The molecule has 1 heterocycles. The van der Waals surface area contributed by atoms with Gasteiger partial charge < -0.3 is 10.3 Å². The maximum absolute atomic E-state index is 12.4. The first kappa shape index (κ1) is 16.2. The Labute approximate surface area is 151 Å². The number of aromatic nitrogens is 2. The minimum atomic E-state index is 0.0517. The van der Waals surface area contributed by atoms with E-state index >= 15 is 0 Å². The van der Waals surface area contributed by atoms with Crippen molar-refractivity contribution in [1.82, 2.24) is 15.3 Å². The molecule has 0 atom stereocenters. The van der Waals surface area contributed by atoms with E-state index in [9.17, 15) is 4.79 Å². The molecule has 0 spiro atoms. The van der Waals surface area contributed by atoms with E-state index in [1.807, 2.05) is 37.3 Å². The lowest BCUT2D eigenvalue weighted by Gasteiger charge is -2.17. The van der Waals surface area contributed by atoms with Crippen LogP contribution in [0.25, 0.3) is 11.0 Å². The van der Waals surface area contributed by atoms with E-state index in [0.29, 0.717) is 13.0 Å². The highest BCUT2D eigenvalue weighted by Gasteiger charge is 2.44. The SMILES string of the molecule is Cc1nc2ccc(CC(=O)NCC3(c4ccc(Cl)cc4)CC3)cc2[nH]1. The number of fused-ring (bicyclic) bond motifs is 1. The molecule has 0 radical (unpaired) electrons. The Morgan fingerprint density at radius 2 is 2.00 bits per heavy atom. The van der Waals surface area contributed by atoms with Gasteiger partial charge in [-0.1, -0.05) is 29.8 Å². The molecule has 2 aromatic carbocycles. The maximum Gasteiger partial charge on any atom is 0.224 e. The van der Waals surface area contributed by atoms with Crippen LogP contribution < -0.4 is 5.32 Å². The van der Waals surface area contributed by atoms with Gasteiger partial charge in [0.25, 0.3) is 0 Å². The van der Waals surface area contributed by atoms with E-state index in [0.717, 1.165) is 40.3 Å². The number of aromatic amines is 1. The van der Waals surface area contributed by atoms with Crippen molar-refractivity contribution in [2.24, 2.45) is 0 Å². The van der Waals surface area contributed by atoms with Crippen molar-refractivity contribution in [3.8, 4) is 0 Å². The molecule has 0 unspecified atom stereocenters. The number of H-pyrrole nitrogens is 1.